The van der Waals surface area contributed by atoms with Crippen LogP contribution in [0.4, 0.5) is 0 Å². The normalized spacial score (nSPS) is 18.1. The molecule has 142 valence electrons. The van der Waals surface area contributed by atoms with Crippen molar-refractivity contribution < 1.29 is 14.4 Å². The molecule has 6 nitrogen and oxygen atoms in total. The first kappa shape index (κ1) is 18.1. The minimum Gasteiger partial charge on any atom is -0.368 e. The standard InChI is InChI=1S/C22H21N3O3/c23-21(27)20(13-6-5-7-14(26)12-13)25-22(28)19-15-8-1-3-10-17(15)24-18-11-4-2-9-16(18)19/h1-4,8-11,13,20H,5-7,12H2,(H2,23,27)(H,25,28)/t13-,20+/m0/s1. The van der Waals surface area contributed by atoms with E-state index in [0.717, 1.165) is 0 Å². The summed E-state index contributed by atoms with van der Waals surface area (Å²) in [6, 6.07) is 13.9. The molecule has 1 aliphatic rings. The fourth-order valence-corrected chi connectivity index (χ4v) is 4.06. The summed E-state index contributed by atoms with van der Waals surface area (Å²) in [5.74, 6) is -1.15. The number of primary amides is 1. The van der Waals surface area contributed by atoms with Crippen LogP contribution in [0.5, 0.6) is 0 Å². The number of hydrogen-bond donors (Lipinski definition) is 2. The monoisotopic (exact) mass is 375 g/mol. The molecule has 2 aromatic carbocycles. The first-order valence-electron chi connectivity index (χ1n) is 9.44. The van der Waals surface area contributed by atoms with E-state index < -0.39 is 11.9 Å². The van der Waals surface area contributed by atoms with Crippen molar-refractivity contribution in [1.82, 2.24) is 10.3 Å². The van der Waals surface area contributed by atoms with Gasteiger partial charge in [-0.25, -0.2) is 4.98 Å². The zero-order chi connectivity index (χ0) is 19.7. The average molecular weight is 375 g/mol. The molecule has 3 aromatic rings. The van der Waals surface area contributed by atoms with Crippen LogP contribution in [0.25, 0.3) is 21.8 Å². The van der Waals surface area contributed by atoms with E-state index >= 15 is 0 Å². The molecular formula is C22H21N3O3. The van der Waals surface area contributed by atoms with Crippen molar-refractivity contribution in [1.29, 1.82) is 0 Å². The fraction of sp³-hybridized carbons (Fsp3) is 0.273. The second-order valence-corrected chi connectivity index (χ2v) is 7.27. The van der Waals surface area contributed by atoms with Crippen molar-refractivity contribution in [3.05, 3.63) is 54.1 Å². The van der Waals surface area contributed by atoms with Gasteiger partial charge in [-0.15, -0.1) is 0 Å². The van der Waals surface area contributed by atoms with Crippen LogP contribution in [0.3, 0.4) is 0 Å². The van der Waals surface area contributed by atoms with Crippen LogP contribution in [0.15, 0.2) is 48.5 Å². The zero-order valence-electron chi connectivity index (χ0n) is 15.4. The van der Waals surface area contributed by atoms with Crippen molar-refractivity contribution in [3.63, 3.8) is 0 Å². The van der Waals surface area contributed by atoms with Gasteiger partial charge < -0.3 is 11.1 Å². The molecule has 1 aliphatic carbocycles. The lowest BCUT2D eigenvalue weighted by molar-refractivity contribution is -0.124. The number of Topliss-reactive ketones (excluding diaryl/α,β-unsaturated/α-hetero) is 1. The molecule has 2 amide bonds. The van der Waals surface area contributed by atoms with E-state index in [1.165, 1.54) is 0 Å². The van der Waals surface area contributed by atoms with E-state index in [1.807, 2.05) is 48.5 Å². The van der Waals surface area contributed by atoms with Gasteiger partial charge in [0.15, 0.2) is 0 Å². The lowest BCUT2D eigenvalue weighted by Crippen LogP contribution is -2.50. The summed E-state index contributed by atoms with van der Waals surface area (Å²) in [6.07, 6.45) is 2.20. The van der Waals surface area contributed by atoms with E-state index in [0.29, 0.717) is 46.6 Å². The summed E-state index contributed by atoms with van der Waals surface area (Å²) in [6.45, 7) is 0. The summed E-state index contributed by atoms with van der Waals surface area (Å²) in [5, 5.41) is 4.23. The van der Waals surface area contributed by atoms with Crippen LogP contribution in [0.2, 0.25) is 0 Å². The molecule has 0 aliphatic heterocycles. The predicted octanol–water partition coefficient (Wildman–Crippen LogP) is 2.73. The smallest absolute Gasteiger partial charge is 0.253 e. The van der Waals surface area contributed by atoms with Crippen molar-refractivity contribution in [3.8, 4) is 0 Å². The maximum absolute atomic E-state index is 13.3. The predicted molar refractivity (Wildman–Crippen MR) is 107 cm³/mol. The number of pyridine rings is 1. The summed E-state index contributed by atoms with van der Waals surface area (Å²) in [4.78, 5) is 41.8. The largest absolute Gasteiger partial charge is 0.368 e. The van der Waals surface area contributed by atoms with E-state index in [2.05, 4.69) is 10.3 Å². The van der Waals surface area contributed by atoms with Gasteiger partial charge in [0.25, 0.3) is 5.91 Å². The van der Waals surface area contributed by atoms with E-state index in [1.54, 1.807) is 0 Å². The molecule has 1 heterocycles. The third-order valence-corrected chi connectivity index (χ3v) is 5.40. The Hall–Kier alpha value is -3.28. The summed E-state index contributed by atoms with van der Waals surface area (Å²) >= 11 is 0. The van der Waals surface area contributed by atoms with Gasteiger partial charge in [-0.1, -0.05) is 36.4 Å². The van der Waals surface area contributed by atoms with Gasteiger partial charge in [-0.2, -0.15) is 0 Å². The summed E-state index contributed by atoms with van der Waals surface area (Å²) in [7, 11) is 0. The van der Waals surface area contributed by atoms with Gasteiger partial charge in [-0.05, 0) is 30.9 Å². The number of para-hydroxylation sites is 2. The van der Waals surface area contributed by atoms with Gasteiger partial charge in [-0.3, -0.25) is 14.4 Å². The molecule has 0 radical (unpaired) electrons. The molecule has 2 atom stereocenters. The number of nitrogens with two attached hydrogens (primary N) is 1. The highest BCUT2D eigenvalue weighted by molar-refractivity contribution is 6.16. The molecule has 6 heteroatoms. The molecule has 28 heavy (non-hydrogen) atoms. The van der Waals surface area contributed by atoms with Crippen LogP contribution in [0, 0.1) is 5.92 Å². The first-order chi connectivity index (χ1) is 13.5. The van der Waals surface area contributed by atoms with Gasteiger partial charge in [0.2, 0.25) is 5.91 Å². The Labute approximate surface area is 162 Å². The number of carbonyl (C=O) groups is 3. The number of aromatic nitrogens is 1. The van der Waals surface area contributed by atoms with Crippen LogP contribution in [0.1, 0.15) is 36.0 Å². The Morgan fingerprint density at radius 2 is 1.64 bits per heavy atom. The van der Waals surface area contributed by atoms with Gasteiger partial charge in [0.1, 0.15) is 11.8 Å². The van der Waals surface area contributed by atoms with Crippen molar-refractivity contribution in [2.45, 2.75) is 31.7 Å². The maximum atomic E-state index is 13.3. The number of carbonyl (C=O) groups excluding carboxylic acids is 3. The summed E-state index contributed by atoms with van der Waals surface area (Å²) in [5.41, 5.74) is 7.46. The highest BCUT2D eigenvalue weighted by atomic mass is 16.2. The number of benzene rings is 2. The lowest BCUT2D eigenvalue weighted by Gasteiger charge is -2.28. The second kappa shape index (κ2) is 7.38. The van der Waals surface area contributed by atoms with Crippen LogP contribution >= 0.6 is 0 Å². The van der Waals surface area contributed by atoms with Gasteiger partial charge >= 0.3 is 0 Å². The molecular weight excluding hydrogens is 354 g/mol. The summed E-state index contributed by atoms with van der Waals surface area (Å²) < 4.78 is 0. The van der Waals surface area contributed by atoms with E-state index in [-0.39, 0.29) is 24.0 Å². The quantitative estimate of drug-likeness (QED) is 0.685. The Morgan fingerprint density at radius 3 is 2.21 bits per heavy atom. The highest BCUT2D eigenvalue weighted by Gasteiger charge is 2.33. The molecule has 3 N–H and O–H groups in total. The van der Waals surface area contributed by atoms with E-state index in [9.17, 15) is 14.4 Å². The van der Waals surface area contributed by atoms with Gasteiger partial charge in [0, 0.05) is 23.6 Å². The average Bonchev–Trinajstić information content (AvgIpc) is 2.69. The number of fused-ring (bicyclic) bond motifs is 2. The van der Waals surface area contributed by atoms with Gasteiger partial charge in [0.05, 0.1) is 16.6 Å². The Bertz CT molecular complexity index is 1040. The third kappa shape index (κ3) is 3.33. The number of amides is 2. The molecule has 0 saturated heterocycles. The Morgan fingerprint density at radius 1 is 1.04 bits per heavy atom. The molecule has 1 fully saturated rings. The Kier molecular flexibility index (Phi) is 4.77. The van der Waals surface area contributed by atoms with Crippen molar-refractivity contribution in [2.24, 2.45) is 11.7 Å². The highest BCUT2D eigenvalue weighted by Crippen LogP contribution is 2.28. The van der Waals surface area contributed by atoms with E-state index in [4.69, 9.17) is 5.73 Å². The van der Waals surface area contributed by atoms with Crippen LogP contribution in [-0.2, 0) is 9.59 Å². The molecule has 0 unspecified atom stereocenters. The third-order valence-electron chi connectivity index (χ3n) is 5.40. The molecule has 0 bridgehead atoms. The second-order valence-electron chi connectivity index (χ2n) is 7.27. The number of ketones is 1. The van der Waals surface area contributed by atoms with Crippen LogP contribution < -0.4 is 11.1 Å². The minimum absolute atomic E-state index is 0.108. The fourth-order valence-electron chi connectivity index (χ4n) is 4.06. The minimum atomic E-state index is -0.873. The molecule has 4 rings (SSSR count). The zero-order valence-corrected chi connectivity index (χ0v) is 15.4. The molecule has 1 aromatic heterocycles. The number of nitrogens with zero attached hydrogens (tertiary/aromatic N) is 1. The van der Waals surface area contributed by atoms with Crippen LogP contribution in [-0.4, -0.2) is 28.6 Å². The van der Waals surface area contributed by atoms with Crippen molar-refractivity contribution in [2.75, 3.05) is 0 Å². The molecule has 1 saturated carbocycles. The topological polar surface area (TPSA) is 102 Å². The molecule has 0 spiro atoms. The lowest BCUT2D eigenvalue weighted by atomic mass is 9.82. The van der Waals surface area contributed by atoms with Crippen molar-refractivity contribution >= 4 is 39.4 Å². The number of rotatable bonds is 4. The number of nitrogens with one attached hydrogen (secondary N) is 1. The SMILES string of the molecule is NC(=O)[C@H](NC(=O)c1c2ccccc2nc2ccccc12)[C@H]1CCCC(=O)C1. The Balaban J connectivity index is 1.76. The first-order valence-corrected chi connectivity index (χ1v) is 9.44. The number of hydrogen-bond acceptors (Lipinski definition) is 4. The maximum Gasteiger partial charge on any atom is 0.253 e.